The second kappa shape index (κ2) is 5.62. The molecule has 1 aliphatic carbocycles. The molecule has 0 saturated heterocycles. The first-order chi connectivity index (χ1) is 11.2. The fourth-order valence-corrected chi connectivity index (χ4v) is 3.82. The van der Waals surface area contributed by atoms with Gasteiger partial charge in [-0.25, -0.2) is 0 Å². The molecule has 1 amide bonds. The van der Waals surface area contributed by atoms with Crippen LogP contribution >= 0.6 is 11.3 Å². The summed E-state index contributed by atoms with van der Waals surface area (Å²) in [7, 11) is 0. The monoisotopic (exact) mass is 324 g/mol. The van der Waals surface area contributed by atoms with Gasteiger partial charge in [0.15, 0.2) is 0 Å². The molecule has 0 aliphatic heterocycles. The van der Waals surface area contributed by atoms with Crippen LogP contribution in [-0.4, -0.2) is 20.7 Å². The molecule has 2 heterocycles. The molecule has 5 nitrogen and oxygen atoms in total. The second-order valence-electron chi connectivity index (χ2n) is 5.81. The smallest absolute Gasteiger partial charge is 0.228 e. The zero-order valence-electron chi connectivity index (χ0n) is 12.6. The van der Waals surface area contributed by atoms with Crippen molar-refractivity contribution in [3.05, 3.63) is 58.8 Å². The minimum absolute atomic E-state index is 0.0895. The van der Waals surface area contributed by atoms with E-state index >= 15 is 0 Å². The summed E-state index contributed by atoms with van der Waals surface area (Å²) in [6.45, 7) is 2.10. The molecular formula is C17H16N4OS. The minimum Gasteiger partial charge on any atom is -0.326 e. The number of thiophene rings is 1. The molecular weight excluding hydrogens is 308 g/mol. The molecule has 0 bridgehead atoms. The number of aryl methyl sites for hydroxylation is 1. The Hall–Kier alpha value is -2.47. The van der Waals surface area contributed by atoms with Crippen LogP contribution in [0.25, 0.3) is 5.69 Å². The van der Waals surface area contributed by atoms with Gasteiger partial charge in [-0.3, -0.25) is 9.36 Å². The summed E-state index contributed by atoms with van der Waals surface area (Å²) < 4.78 is 1.81. The van der Waals surface area contributed by atoms with E-state index in [2.05, 4.69) is 34.6 Å². The fourth-order valence-electron chi connectivity index (χ4n) is 2.77. The maximum absolute atomic E-state index is 12.4. The van der Waals surface area contributed by atoms with Crippen LogP contribution in [0.1, 0.15) is 22.1 Å². The van der Waals surface area contributed by atoms with Crippen molar-refractivity contribution in [2.24, 2.45) is 5.92 Å². The standard InChI is InChI=1S/C17H16N4OS/c1-11-5-6-16(23-11)14-8-15(14)17(22)20-12-3-2-4-13(7-12)21-9-18-19-10-21/h2-7,9-10,14-15H,8H2,1H3,(H,20,22)/t14-,15+/m0/s1. The van der Waals surface area contributed by atoms with Crippen molar-refractivity contribution >= 4 is 22.9 Å². The van der Waals surface area contributed by atoms with E-state index < -0.39 is 0 Å². The van der Waals surface area contributed by atoms with Gasteiger partial charge in [0, 0.05) is 27.3 Å². The summed E-state index contributed by atoms with van der Waals surface area (Å²) >= 11 is 1.79. The van der Waals surface area contributed by atoms with Crippen LogP contribution in [0.3, 0.4) is 0 Å². The lowest BCUT2D eigenvalue weighted by Gasteiger charge is -2.07. The van der Waals surface area contributed by atoms with E-state index in [1.165, 1.54) is 9.75 Å². The number of carbonyl (C=O) groups is 1. The summed E-state index contributed by atoms with van der Waals surface area (Å²) in [5.74, 6) is 0.573. The van der Waals surface area contributed by atoms with Crippen molar-refractivity contribution in [2.45, 2.75) is 19.3 Å². The molecule has 2 aromatic heterocycles. The van der Waals surface area contributed by atoms with Gasteiger partial charge in [0.1, 0.15) is 12.7 Å². The molecule has 4 rings (SSSR count). The molecule has 23 heavy (non-hydrogen) atoms. The van der Waals surface area contributed by atoms with E-state index in [0.29, 0.717) is 5.92 Å². The number of carbonyl (C=O) groups excluding carboxylic acids is 1. The first kappa shape index (κ1) is 14.1. The zero-order chi connectivity index (χ0) is 15.8. The first-order valence-electron chi connectivity index (χ1n) is 7.53. The predicted molar refractivity (Wildman–Crippen MR) is 89.9 cm³/mol. The topological polar surface area (TPSA) is 59.8 Å². The highest BCUT2D eigenvalue weighted by Gasteiger charge is 2.44. The number of hydrogen-bond acceptors (Lipinski definition) is 4. The molecule has 1 saturated carbocycles. The molecule has 1 aromatic carbocycles. The van der Waals surface area contributed by atoms with Gasteiger partial charge in [-0.2, -0.15) is 0 Å². The number of nitrogens with zero attached hydrogens (tertiary/aromatic N) is 3. The lowest BCUT2D eigenvalue weighted by molar-refractivity contribution is -0.117. The van der Waals surface area contributed by atoms with Crippen molar-refractivity contribution < 1.29 is 4.79 Å². The van der Waals surface area contributed by atoms with E-state index in [0.717, 1.165) is 17.8 Å². The van der Waals surface area contributed by atoms with E-state index in [9.17, 15) is 4.79 Å². The zero-order valence-corrected chi connectivity index (χ0v) is 13.5. The Morgan fingerprint density at radius 1 is 1.26 bits per heavy atom. The fraction of sp³-hybridized carbons (Fsp3) is 0.235. The van der Waals surface area contributed by atoms with Gasteiger partial charge in [-0.15, -0.1) is 21.5 Å². The summed E-state index contributed by atoms with van der Waals surface area (Å²) in [4.78, 5) is 15.0. The lowest BCUT2D eigenvalue weighted by Crippen LogP contribution is -2.14. The summed E-state index contributed by atoms with van der Waals surface area (Å²) in [5, 5.41) is 10.6. The quantitative estimate of drug-likeness (QED) is 0.800. The summed E-state index contributed by atoms with van der Waals surface area (Å²) in [6.07, 6.45) is 4.21. The number of hydrogen-bond donors (Lipinski definition) is 1. The molecule has 1 N–H and O–H groups in total. The second-order valence-corrected chi connectivity index (χ2v) is 7.13. The van der Waals surface area contributed by atoms with Crippen LogP contribution in [0, 0.1) is 12.8 Å². The van der Waals surface area contributed by atoms with E-state index in [1.54, 1.807) is 24.0 Å². The van der Waals surface area contributed by atoms with Gasteiger partial charge >= 0.3 is 0 Å². The normalized spacial score (nSPS) is 19.5. The lowest BCUT2D eigenvalue weighted by atomic mass is 10.2. The van der Waals surface area contributed by atoms with Crippen molar-refractivity contribution in [3.8, 4) is 5.69 Å². The molecule has 116 valence electrons. The third-order valence-electron chi connectivity index (χ3n) is 4.08. The Morgan fingerprint density at radius 3 is 2.83 bits per heavy atom. The molecule has 1 aliphatic rings. The Morgan fingerprint density at radius 2 is 2.09 bits per heavy atom. The van der Waals surface area contributed by atoms with E-state index in [4.69, 9.17) is 0 Å². The molecule has 3 aromatic rings. The van der Waals surface area contributed by atoms with Gasteiger partial charge in [-0.1, -0.05) is 6.07 Å². The molecule has 0 unspecified atom stereocenters. The highest BCUT2D eigenvalue weighted by molar-refractivity contribution is 7.12. The van der Waals surface area contributed by atoms with E-state index in [1.807, 2.05) is 28.8 Å². The van der Waals surface area contributed by atoms with Gasteiger partial charge < -0.3 is 5.32 Å². The maximum atomic E-state index is 12.4. The van der Waals surface area contributed by atoms with Gasteiger partial charge in [0.2, 0.25) is 5.91 Å². The number of aromatic nitrogens is 3. The average molecular weight is 324 g/mol. The number of rotatable bonds is 4. The number of nitrogens with one attached hydrogen (secondary N) is 1. The molecule has 0 spiro atoms. The van der Waals surface area contributed by atoms with Crippen molar-refractivity contribution in [1.82, 2.24) is 14.8 Å². The van der Waals surface area contributed by atoms with Crippen LogP contribution in [0.5, 0.6) is 0 Å². The largest absolute Gasteiger partial charge is 0.326 e. The average Bonchev–Trinajstić information content (AvgIpc) is 2.95. The van der Waals surface area contributed by atoms with Crippen molar-refractivity contribution in [1.29, 1.82) is 0 Å². The predicted octanol–water partition coefficient (Wildman–Crippen LogP) is 3.38. The molecule has 2 atom stereocenters. The van der Waals surface area contributed by atoms with Crippen LogP contribution in [-0.2, 0) is 4.79 Å². The highest BCUT2D eigenvalue weighted by Crippen LogP contribution is 2.50. The van der Waals surface area contributed by atoms with Crippen LogP contribution in [0.4, 0.5) is 5.69 Å². The van der Waals surface area contributed by atoms with Gasteiger partial charge in [0.25, 0.3) is 0 Å². The highest BCUT2D eigenvalue weighted by atomic mass is 32.1. The number of amides is 1. The summed E-state index contributed by atoms with van der Waals surface area (Å²) in [6, 6.07) is 12.0. The SMILES string of the molecule is Cc1ccc([C@H]2C[C@H]2C(=O)Nc2cccc(-n3cnnc3)c2)s1. The minimum atomic E-state index is 0.0895. The van der Waals surface area contributed by atoms with Crippen molar-refractivity contribution in [2.75, 3.05) is 5.32 Å². The van der Waals surface area contributed by atoms with Gasteiger partial charge in [0.05, 0.1) is 5.69 Å². The third kappa shape index (κ3) is 2.90. The molecule has 1 fully saturated rings. The van der Waals surface area contributed by atoms with Crippen molar-refractivity contribution in [3.63, 3.8) is 0 Å². The Labute approximate surface area is 138 Å². The number of benzene rings is 1. The van der Waals surface area contributed by atoms with Gasteiger partial charge in [-0.05, 0) is 43.7 Å². The number of anilines is 1. The van der Waals surface area contributed by atoms with Crippen LogP contribution in [0.15, 0.2) is 49.1 Å². The summed E-state index contributed by atoms with van der Waals surface area (Å²) in [5.41, 5.74) is 1.73. The Kier molecular flexibility index (Phi) is 3.46. The molecule has 0 radical (unpaired) electrons. The van der Waals surface area contributed by atoms with Crippen LogP contribution in [0.2, 0.25) is 0 Å². The Bertz CT molecular complexity index is 840. The first-order valence-corrected chi connectivity index (χ1v) is 8.34. The molecule has 6 heteroatoms. The maximum Gasteiger partial charge on any atom is 0.228 e. The Balaban J connectivity index is 1.45. The van der Waals surface area contributed by atoms with Crippen LogP contribution < -0.4 is 5.32 Å². The van der Waals surface area contributed by atoms with E-state index in [-0.39, 0.29) is 11.8 Å². The third-order valence-corrected chi connectivity index (χ3v) is 5.22.